The summed E-state index contributed by atoms with van der Waals surface area (Å²) in [5.74, 6) is 0. The fourth-order valence-corrected chi connectivity index (χ4v) is 2.32. The Morgan fingerprint density at radius 2 is 2.27 bits per heavy atom. The molecule has 0 aliphatic carbocycles. The van der Waals surface area contributed by atoms with E-state index in [1.165, 1.54) is 11.3 Å². The minimum atomic E-state index is 0.210. The molecule has 15 heavy (non-hydrogen) atoms. The van der Waals surface area contributed by atoms with Gasteiger partial charge < -0.3 is 9.64 Å². The molecule has 1 aromatic carbocycles. The second-order valence-electron chi connectivity index (χ2n) is 3.99. The standard InChI is InChI=1S/C12H16ClNO/c1-14-7-3-4-12(15-2)10-6-5-9(13)8-11(10)14/h5-6,8,12H,3-4,7H2,1-2H3. The number of nitrogens with zero attached hydrogens (tertiary/aromatic N) is 1. The second kappa shape index (κ2) is 4.42. The van der Waals surface area contributed by atoms with Gasteiger partial charge in [0.2, 0.25) is 0 Å². The van der Waals surface area contributed by atoms with Gasteiger partial charge in [0.05, 0.1) is 6.10 Å². The molecule has 2 nitrogen and oxygen atoms in total. The normalized spacial score (nSPS) is 21.0. The first kappa shape index (κ1) is 10.8. The van der Waals surface area contributed by atoms with Crippen molar-refractivity contribution < 1.29 is 4.74 Å². The Labute approximate surface area is 95.8 Å². The fraction of sp³-hybridized carbons (Fsp3) is 0.500. The van der Waals surface area contributed by atoms with E-state index in [4.69, 9.17) is 16.3 Å². The number of anilines is 1. The van der Waals surface area contributed by atoms with Gasteiger partial charge in [-0.05, 0) is 25.0 Å². The van der Waals surface area contributed by atoms with E-state index in [2.05, 4.69) is 18.0 Å². The van der Waals surface area contributed by atoms with Gasteiger partial charge in [-0.1, -0.05) is 17.7 Å². The molecule has 0 bridgehead atoms. The zero-order valence-electron chi connectivity index (χ0n) is 9.16. The van der Waals surface area contributed by atoms with Crippen LogP contribution in [-0.4, -0.2) is 20.7 Å². The van der Waals surface area contributed by atoms with E-state index in [-0.39, 0.29) is 6.10 Å². The molecule has 0 amide bonds. The summed E-state index contributed by atoms with van der Waals surface area (Å²) >= 11 is 6.02. The van der Waals surface area contributed by atoms with Crippen LogP contribution < -0.4 is 4.90 Å². The molecule has 1 aromatic rings. The molecule has 2 rings (SSSR count). The third-order valence-corrected chi connectivity index (χ3v) is 3.23. The van der Waals surface area contributed by atoms with Crippen LogP contribution in [0, 0.1) is 0 Å². The van der Waals surface area contributed by atoms with Gasteiger partial charge in [0.1, 0.15) is 0 Å². The van der Waals surface area contributed by atoms with Crippen LogP contribution in [0.25, 0.3) is 0 Å². The maximum absolute atomic E-state index is 6.02. The van der Waals surface area contributed by atoms with Crippen molar-refractivity contribution in [2.24, 2.45) is 0 Å². The van der Waals surface area contributed by atoms with E-state index in [0.29, 0.717) is 0 Å². The molecule has 1 heterocycles. The first-order chi connectivity index (χ1) is 7.22. The number of benzene rings is 1. The Balaban J connectivity index is 2.46. The van der Waals surface area contributed by atoms with E-state index in [0.717, 1.165) is 24.4 Å². The maximum Gasteiger partial charge on any atom is 0.0841 e. The molecule has 1 aliphatic heterocycles. The van der Waals surface area contributed by atoms with Gasteiger partial charge in [0.15, 0.2) is 0 Å². The van der Waals surface area contributed by atoms with Crippen LogP contribution in [-0.2, 0) is 4.74 Å². The SMILES string of the molecule is COC1CCCN(C)c2cc(Cl)ccc21. The Hall–Kier alpha value is -0.730. The lowest BCUT2D eigenvalue weighted by Crippen LogP contribution is -2.17. The summed E-state index contributed by atoms with van der Waals surface area (Å²) in [6.45, 7) is 1.06. The van der Waals surface area contributed by atoms with Crippen LogP contribution >= 0.6 is 11.6 Å². The molecule has 0 saturated heterocycles. The summed E-state index contributed by atoms with van der Waals surface area (Å²) < 4.78 is 5.52. The van der Waals surface area contributed by atoms with Crippen molar-refractivity contribution in [2.45, 2.75) is 18.9 Å². The minimum absolute atomic E-state index is 0.210. The van der Waals surface area contributed by atoms with Gasteiger partial charge in [-0.25, -0.2) is 0 Å². The van der Waals surface area contributed by atoms with Crippen molar-refractivity contribution >= 4 is 17.3 Å². The molecule has 3 heteroatoms. The summed E-state index contributed by atoms with van der Waals surface area (Å²) in [7, 11) is 3.88. The quantitative estimate of drug-likeness (QED) is 0.728. The largest absolute Gasteiger partial charge is 0.377 e. The zero-order chi connectivity index (χ0) is 10.8. The lowest BCUT2D eigenvalue weighted by Gasteiger charge is -2.21. The van der Waals surface area contributed by atoms with Crippen molar-refractivity contribution in [3.05, 3.63) is 28.8 Å². The Bertz CT molecular complexity index is 353. The van der Waals surface area contributed by atoms with Crippen LogP contribution in [0.15, 0.2) is 18.2 Å². The summed E-state index contributed by atoms with van der Waals surface area (Å²) in [4.78, 5) is 2.25. The molecule has 0 fully saturated rings. The number of hydrogen-bond donors (Lipinski definition) is 0. The number of hydrogen-bond acceptors (Lipinski definition) is 2. The van der Waals surface area contributed by atoms with Gasteiger partial charge in [0, 0.05) is 37.0 Å². The van der Waals surface area contributed by atoms with Crippen LogP contribution in [0.4, 0.5) is 5.69 Å². The number of methoxy groups -OCH3 is 1. The third kappa shape index (κ3) is 2.11. The highest BCUT2D eigenvalue weighted by molar-refractivity contribution is 6.30. The molecule has 1 unspecified atom stereocenters. The molecule has 1 aliphatic rings. The fourth-order valence-electron chi connectivity index (χ4n) is 2.15. The van der Waals surface area contributed by atoms with Crippen molar-refractivity contribution in [1.82, 2.24) is 0 Å². The molecule has 0 saturated carbocycles. The zero-order valence-corrected chi connectivity index (χ0v) is 9.92. The summed E-state index contributed by atoms with van der Waals surface area (Å²) in [5.41, 5.74) is 2.45. The van der Waals surface area contributed by atoms with Crippen molar-refractivity contribution in [3.8, 4) is 0 Å². The molecular weight excluding hydrogens is 210 g/mol. The van der Waals surface area contributed by atoms with Crippen molar-refractivity contribution in [2.75, 3.05) is 25.6 Å². The molecule has 1 atom stereocenters. The van der Waals surface area contributed by atoms with Crippen molar-refractivity contribution in [1.29, 1.82) is 0 Å². The highest BCUT2D eigenvalue weighted by Crippen LogP contribution is 2.35. The van der Waals surface area contributed by atoms with E-state index in [1.807, 2.05) is 12.1 Å². The Morgan fingerprint density at radius 3 is 3.00 bits per heavy atom. The van der Waals surface area contributed by atoms with Gasteiger partial charge in [0.25, 0.3) is 0 Å². The van der Waals surface area contributed by atoms with Crippen LogP contribution in [0.5, 0.6) is 0 Å². The van der Waals surface area contributed by atoms with E-state index in [1.54, 1.807) is 7.11 Å². The average molecular weight is 226 g/mol. The van der Waals surface area contributed by atoms with E-state index >= 15 is 0 Å². The maximum atomic E-state index is 6.02. The predicted octanol–water partition coefficient (Wildman–Crippen LogP) is 3.26. The van der Waals surface area contributed by atoms with E-state index < -0.39 is 0 Å². The monoisotopic (exact) mass is 225 g/mol. The topological polar surface area (TPSA) is 12.5 Å². The lowest BCUT2D eigenvalue weighted by molar-refractivity contribution is 0.0965. The predicted molar refractivity (Wildman–Crippen MR) is 63.7 cm³/mol. The van der Waals surface area contributed by atoms with Crippen LogP contribution in [0.2, 0.25) is 5.02 Å². The Kier molecular flexibility index (Phi) is 3.17. The summed E-state index contributed by atoms with van der Waals surface area (Å²) in [6.07, 6.45) is 2.44. The van der Waals surface area contributed by atoms with Gasteiger partial charge in [-0.3, -0.25) is 0 Å². The third-order valence-electron chi connectivity index (χ3n) is 2.99. The Morgan fingerprint density at radius 1 is 1.47 bits per heavy atom. The highest BCUT2D eigenvalue weighted by Gasteiger charge is 2.20. The number of rotatable bonds is 1. The highest BCUT2D eigenvalue weighted by atomic mass is 35.5. The van der Waals surface area contributed by atoms with Gasteiger partial charge >= 0.3 is 0 Å². The molecule has 0 radical (unpaired) electrons. The van der Waals surface area contributed by atoms with Crippen LogP contribution in [0.3, 0.4) is 0 Å². The van der Waals surface area contributed by atoms with Gasteiger partial charge in [-0.2, -0.15) is 0 Å². The lowest BCUT2D eigenvalue weighted by atomic mass is 10.0. The first-order valence-electron chi connectivity index (χ1n) is 5.25. The van der Waals surface area contributed by atoms with Gasteiger partial charge in [-0.15, -0.1) is 0 Å². The molecule has 0 spiro atoms. The van der Waals surface area contributed by atoms with E-state index in [9.17, 15) is 0 Å². The molecule has 0 aromatic heterocycles. The first-order valence-corrected chi connectivity index (χ1v) is 5.63. The summed E-state index contributed by atoms with van der Waals surface area (Å²) in [5, 5.41) is 0.789. The summed E-state index contributed by atoms with van der Waals surface area (Å²) in [6, 6.07) is 6.04. The number of ether oxygens (including phenoxy) is 1. The molecule has 82 valence electrons. The average Bonchev–Trinajstić information content (AvgIpc) is 2.38. The van der Waals surface area contributed by atoms with Crippen molar-refractivity contribution in [3.63, 3.8) is 0 Å². The smallest absolute Gasteiger partial charge is 0.0841 e. The minimum Gasteiger partial charge on any atom is -0.377 e. The van der Waals surface area contributed by atoms with Crippen LogP contribution in [0.1, 0.15) is 24.5 Å². The molecular formula is C12H16ClNO. The second-order valence-corrected chi connectivity index (χ2v) is 4.43. The molecule has 0 N–H and O–H groups in total. The number of halogens is 1. The number of fused-ring (bicyclic) bond motifs is 1.